The average molecular weight is 381 g/mol. The summed E-state index contributed by atoms with van der Waals surface area (Å²) in [5, 5.41) is 14.5. The molecule has 1 heterocycles. The Morgan fingerprint density at radius 1 is 1.11 bits per heavy atom. The van der Waals surface area contributed by atoms with Crippen molar-refractivity contribution in [3.63, 3.8) is 0 Å². The number of carbonyl (C=O) groups is 3. The Labute approximate surface area is 163 Å². The summed E-state index contributed by atoms with van der Waals surface area (Å²) in [7, 11) is 0. The number of anilines is 1. The second kappa shape index (κ2) is 9.12. The molecule has 0 saturated heterocycles. The zero-order chi connectivity index (χ0) is 19.9. The van der Waals surface area contributed by atoms with Gasteiger partial charge in [-0.2, -0.15) is 0 Å². The molecule has 7 nitrogen and oxygen atoms in total. The largest absolute Gasteiger partial charge is 0.481 e. The van der Waals surface area contributed by atoms with Crippen LogP contribution in [0.3, 0.4) is 0 Å². The summed E-state index contributed by atoms with van der Waals surface area (Å²) in [6.45, 7) is 0. The van der Waals surface area contributed by atoms with E-state index in [1.165, 1.54) is 0 Å². The molecule has 2 amide bonds. The van der Waals surface area contributed by atoms with Gasteiger partial charge in [0.05, 0.1) is 5.69 Å². The van der Waals surface area contributed by atoms with Gasteiger partial charge >= 0.3 is 12.0 Å². The first kappa shape index (κ1) is 19.5. The van der Waals surface area contributed by atoms with E-state index in [4.69, 9.17) is 5.11 Å². The molecule has 1 aromatic heterocycles. The molecule has 7 heteroatoms. The van der Waals surface area contributed by atoms with Crippen molar-refractivity contribution >= 4 is 23.6 Å². The van der Waals surface area contributed by atoms with Crippen LogP contribution in [-0.2, 0) is 17.6 Å². The van der Waals surface area contributed by atoms with Crippen LogP contribution in [-0.4, -0.2) is 33.9 Å². The highest BCUT2D eigenvalue weighted by atomic mass is 16.4. The fraction of sp³-hybridized carbons (Fsp3) is 0.333. The third-order valence-electron chi connectivity index (χ3n) is 4.70. The number of nitrogens with one attached hydrogen (secondary N) is 2. The molecule has 1 aliphatic rings. The van der Waals surface area contributed by atoms with Crippen LogP contribution >= 0.6 is 0 Å². The molecule has 0 saturated carbocycles. The average Bonchev–Trinajstić information content (AvgIpc) is 2.67. The number of ketones is 1. The van der Waals surface area contributed by atoms with Crippen LogP contribution in [0.1, 0.15) is 47.3 Å². The summed E-state index contributed by atoms with van der Waals surface area (Å²) in [5.74, 6) is -0.440. The Bertz CT molecular complexity index is 867. The summed E-state index contributed by atoms with van der Waals surface area (Å²) in [5.41, 5.74) is 2.35. The Kier molecular flexibility index (Phi) is 6.37. The van der Waals surface area contributed by atoms with Crippen LogP contribution in [0.15, 0.2) is 42.5 Å². The number of carboxylic acids is 1. The number of pyridine rings is 1. The van der Waals surface area contributed by atoms with E-state index in [0.29, 0.717) is 42.8 Å². The van der Waals surface area contributed by atoms with Gasteiger partial charge in [-0.15, -0.1) is 0 Å². The second-order valence-corrected chi connectivity index (χ2v) is 6.88. The van der Waals surface area contributed by atoms with Crippen molar-refractivity contribution in [2.24, 2.45) is 0 Å². The molecule has 3 N–H and O–H groups in total. The smallest absolute Gasteiger partial charge is 0.320 e. The van der Waals surface area contributed by atoms with E-state index in [9.17, 15) is 14.4 Å². The number of aryl methyl sites for hydroxylation is 1. The first-order chi connectivity index (χ1) is 13.5. The number of hydrogen-bond donors (Lipinski definition) is 3. The van der Waals surface area contributed by atoms with E-state index in [1.807, 2.05) is 30.3 Å². The number of benzene rings is 1. The molecule has 3 rings (SSSR count). The SMILES string of the molecule is O=C(O)CCC(Cc1ccccc1)NC(=O)Nc1ccc2c(n1)CCCC2=O. The third kappa shape index (κ3) is 5.39. The summed E-state index contributed by atoms with van der Waals surface area (Å²) in [4.78, 5) is 39.6. The summed E-state index contributed by atoms with van der Waals surface area (Å²) >= 11 is 0. The fourth-order valence-electron chi connectivity index (χ4n) is 3.33. The van der Waals surface area contributed by atoms with Crippen LogP contribution in [0, 0.1) is 0 Å². The van der Waals surface area contributed by atoms with E-state index >= 15 is 0 Å². The lowest BCUT2D eigenvalue weighted by atomic mass is 9.95. The summed E-state index contributed by atoms with van der Waals surface area (Å²) < 4.78 is 0. The second-order valence-electron chi connectivity index (χ2n) is 6.88. The van der Waals surface area contributed by atoms with Crippen molar-refractivity contribution < 1.29 is 19.5 Å². The zero-order valence-electron chi connectivity index (χ0n) is 15.5. The van der Waals surface area contributed by atoms with Crippen molar-refractivity contribution in [1.82, 2.24) is 10.3 Å². The van der Waals surface area contributed by atoms with Gasteiger partial charge in [0.15, 0.2) is 5.78 Å². The number of Topliss-reactive ketones (excluding diaryl/α,β-unsaturated/α-hetero) is 1. The standard InChI is InChI=1S/C21H23N3O4/c25-18-8-4-7-17-16(18)10-11-19(23-17)24-21(28)22-15(9-12-20(26)27)13-14-5-2-1-3-6-14/h1-3,5-6,10-11,15H,4,7-9,12-13H2,(H,26,27)(H2,22,23,24,28). The van der Waals surface area contributed by atoms with Gasteiger partial charge in [0.1, 0.15) is 5.82 Å². The first-order valence-electron chi connectivity index (χ1n) is 9.37. The molecule has 1 aromatic carbocycles. The van der Waals surface area contributed by atoms with E-state index in [2.05, 4.69) is 15.6 Å². The normalized spacial score (nSPS) is 14.1. The predicted molar refractivity (Wildman–Crippen MR) is 104 cm³/mol. The van der Waals surface area contributed by atoms with Crippen LogP contribution in [0.5, 0.6) is 0 Å². The van der Waals surface area contributed by atoms with Crippen LogP contribution in [0.25, 0.3) is 0 Å². The van der Waals surface area contributed by atoms with Crippen molar-refractivity contribution in [2.75, 3.05) is 5.32 Å². The van der Waals surface area contributed by atoms with Gasteiger partial charge in [-0.3, -0.25) is 14.9 Å². The summed E-state index contributed by atoms with van der Waals surface area (Å²) in [6, 6.07) is 12.1. The number of aliphatic carboxylic acids is 1. The van der Waals surface area contributed by atoms with Gasteiger partial charge in [0, 0.05) is 24.4 Å². The van der Waals surface area contributed by atoms with Gasteiger partial charge in [0.2, 0.25) is 0 Å². The quantitative estimate of drug-likeness (QED) is 0.682. The molecule has 0 spiro atoms. The third-order valence-corrected chi connectivity index (χ3v) is 4.70. The molecule has 28 heavy (non-hydrogen) atoms. The molecular weight excluding hydrogens is 358 g/mol. The molecule has 1 atom stereocenters. The molecule has 146 valence electrons. The highest BCUT2D eigenvalue weighted by Crippen LogP contribution is 2.21. The molecule has 0 aliphatic heterocycles. The monoisotopic (exact) mass is 381 g/mol. The molecule has 0 fully saturated rings. The number of urea groups is 1. The number of carboxylic acid groups (broad SMARTS) is 1. The van der Waals surface area contributed by atoms with Gasteiger partial charge in [-0.25, -0.2) is 9.78 Å². The number of hydrogen-bond acceptors (Lipinski definition) is 4. The lowest BCUT2D eigenvalue weighted by Gasteiger charge is -2.19. The minimum atomic E-state index is -0.902. The Balaban J connectivity index is 1.64. The van der Waals surface area contributed by atoms with Crippen LogP contribution in [0.4, 0.5) is 10.6 Å². The maximum atomic E-state index is 12.4. The number of amides is 2. The van der Waals surface area contributed by atoms with Crippen molar-refractivity contribution in [3.05, 3.63) is 59.3 Å². The van der Waals surface area contributed by atoms with E-state index < -0.39 is 12.0 Å². The Hall–Kier alpha value is -3.22. The molecular formula is C21H23N3O4. The van der Waals surface area contributed by atoms with Gasteiger partial charge in [0.25, 0.3) is 0 Å². The van der Waals surface area contributed by atoms with E-state index in [-0.39, 0.29) is 18.2 Å². The fourth-order valence-corrected chi connectivity index (χ4v) is 3.33. The van der Waals surface area contributed by atoms with E-state index in [0.717, 1.165) is 12.0 Å². The maximum absolute atomic E-state index is 12.4. The molecule has 1 unspecified atom stereocenters. The number of rotatable bonds is 7. The zero-order valence-corrected chi connectivity index (χ0v) is 15.5. The number of nitrogens with zero attached hydrogens (tertiary/aromatic N) is 1. The molecule has 2 aromatic rings. The van der Waals surface area contributed by atoms with Crippen molar-refractivity contribution in [2.45, 2.75) is 44.6 Å². The number of fused-ring (bicyclic) bond motifs is 1. The minimum Gasteiger partial charge on any atom is -0.481 e. The first-order valence-corrected chi connectivity index (χ1v) is 9.37. The summed E-state index contributed by atoms with van der Waals surface area (Å²) in [6.07, 6.45) is 2.84. The predicted octanol–water partition coefficient (Wildman–Crippen LogP) is 3.20. The number of carbonyl (C=O) groups excluding carboxylic acids is 2. The highest BCUT2D eigenvalue weighted by Gasteiger charge is 2.20. The van der Waals surface area contributed by atoms with E-state index in [1.54, 1.807) is 12.1 Å². The lowest BCUT2D eigenvalue weighted by molar-refractivity contribution is -0.137. The van der Waals surface area contributed by atoms with Gasteiger partial charge < -0.3 is 10.4 Å². The Morgan fingerprint density at radius 3 is 2.64 bits per heavy atom. The van der Waals surface area contributed by atoms with Crippen molar-refractivity contribution in [3.8, 4) is 0 Å². The van der Waals surface area contributed by atoms with Gasteiger partial charge in [-0.1, -0.05) is 30.3 Å². The minimum absolute atomic E-state index is 0.0308. The maximum Gasteiger partial charge on any atom is 0.320 e. The molecule has 0 bridgehead atoms. The van der Waals surface area contributed by atoms with Crippen LogP contribution < -0.4 is 10.6 Å². The molecule has 0 radical (unpaired) electrons. The Morgan fingerprint density at radius 2 is 1.89 bits per heavy atom. The molecule has 1 aliphatic carbocycles. The lowest BCUT2D eigenvalue weighted by Crippen LogP contribution is -2.39. The number of aromatic nitrogens is 1. The topological polar surface area (TPSA) is 108 Å². The van der Waals surface area contributed by atoms with Crippen LogP contribution in [0.2, 0.25) is 0 Å². The van der Waals surface area contributed by atoms with Gasteiger partial charge in [-0.05, 0) is 43.4 Å². The highest BCUT2D eigenvalue weighted by molar-refractivity contribution is 5.98. The van der Waals surface area contributed by atoms with Crippen molar-refractivity contribution in [1.29, 1.82) is 0 Å².